The van der Waals surface area contributed by atoms with E-state index in [1.54, 1.807) is 19.1 Å². The van der Waals surface area contributed by atoms with E-state index in [1.165, 1.54) is 12.1 Å². The number of nitro benzene ring substituents is 1. The van der Waals surface area contributed by atoms with Crippen LogP contribution in [0, 0.1) is 10.1 Å². The summed E-state index contributed by atoms with van der Waals surface area (Å²) in [6, 6.07) is 6.11. The smallest absolute Gasteiger partial charge is 0.336 e. The van der Waals surface area contributed by atoms with Crippen molar-refractivity contribution in [3.8, 4) is 0 Å². The number of ether oxygens (including phenoxy) is 1. The molecule has 0 radical (unpaired) electrons. The van der Waals surface area contributed by atoms with Gasteiger partial charge in [-0.1, -0.05) is 25.0 Å². The summed E-state index contributed by atoms with van der Waals surface area (Å²) in [5.74, 6) is -1.19. The summed E-state index contributed by atoms with van der Waals surface area (Å²) in [6.45, 7) is 1.67. The first kappa shape index (κ1) is 19.1. The molecule has 2 aliphatic rings. The number of allylic oxidation sites excluding steroid dienone is 1. The molecule has 0 unspecified atom stereocenters. The summed E-state index contributed by atoms with van der Waals surface area (Å²) in [5.41, 5.74) is 1.36. The predicted molar refractivity (Wildman–Crippen MR) is 98.9 cm³/mol. The van der Waals surface area contributed by atoms with Crippen molar-refractivity contribution < 1.29 is 19.2 Å². The molecule has 1 fully saturated rings. The van der Waals surface area contributed by atoms with Crippen LogP contribution in [0.25, 0.3) is 0 Å². The minimum Gasteiger partial charge on any atom is -0.459 e. The maximum absolute atomic E-state index is 12.9. The Balaban J connectivity index is 1.88. The van der Waals surface area contributed by atoms with Gasteiger partial charge in [0.25, 0.3) is 5.69 Å². The average Bonchev–Trinajstić information content (AvgIpc) is 2.89. The van der Waals surface area contributed by atoms with Crippen molar-refractivity contribution in [1.82, 2.24) is 5.32 Å². The van der Waals surface area contributed by atoms with Crippen molar-refractivity contribution in [3.05, 3.63) is 51.2 Å². The van der Waals surface area contributed by atoms with E-state index in [1.807, 2.05) is 0 Å². The summed E-state index contributed by atoms with van der Waals surface area (Å²) in [6.07, 6.45) is 6.06. The van der Waals surface area contributed by atoms with E-state index in [4.69, 9.17) is 4.74 Å². The molecule has 1 heterocycles. The molecule has 1 atom stereocenters. The molecular weight excluding hydrogens is 348 g/mol. The van der Waals surface area contributed by atoms with Gasteiger partial charge in [0.15, 0.2) is 0 Å². The van der Waals surface area contributed by atoms with Crippen LogP contribution in [-0.2, 0) is 14.3 Å². The molecule has 1 aliphatic heterocycles. The highest BCUT2D eigenvalue weighted by atomic mass is 16.6. The molecule has 1 aliphatic carbocycles. The van der Waals surface area contributed by atoms with Crippen molar-refractivity contribution in [2.75, 3.05) is 0 Å². The number of carbonyl (C=O) groups excluding carboxylic acids is 2. The molecule has 0 bridgehead atoms. The maximum Gasteiger partial charge on any atom is 0.336 e. The van der Waals surface area contributed by atoms with Gasteiger partial charge in [0, 0.05) is 30.2 Å². The van der Waals surface area contributed by atoms with Gasteiger partial charge >= 0.3 is 5.97 Å². The number of esters is 1. The van der Waals surface area contributed by atoms with Gasteiger partial charge in [0.2, 0.25) is 5.91 Å². The van der Waals surface area contributed by atoms with Gasteiger partial charge in [-0.3, -0.25) is 14.9 Å². The van der Waals surface area contributed by atoms with Crippen molar-refractivity contribution in [2.45, 2.75) is 63.9 Å². The second-order valence-electron chi connectivity index (χ2n) is 7.21. The lowest BCUT2D eigenvalue weighted by Crippen LogP contribution is -2.35. The molecule has 1 aromatic rings. The largest absolute Gasteiger partial charge is 0.459 e. The number of nitrogens with zero attached hydrogens (tertiary/aromatic N) is 1. The zero-order valence-corrected chi connectivity index (χ0v) is 15.4. The maximum atomic E-state index is 12.9. The van der Waals surface area contributed by atoms with E-state index in [2.05, 4.69) is 5.32 Å². The zero-order chi connectivity index (χ0) is 19.4. The van der Waals surface area contributed by atoms with Crippen LogP contribution in [0.5, 0.6) is 0 Å². The third-order valence-corrected chi connectivity index (χ3v) is 5.25. The Morgan fingerprint density at radius 1 is 1.22 bits per heavy atom. The number of hydrogen-bond acceptors (Lipinski definition) is 5. The fourth-order valence-corrected chi connectivity index (χ4v) is 3.89. The van der Waals surface area contributed by atoms with E-state index in [0.717, 1.165) is 38.5 Å². The number of benzene rings is 1. The second kappa shape index (κ2) is 8.33. The number of rotatable bonds is 4. The molecule has 27 heavy (non-hydrogen) atoms. The SMILES string of the molecule is CC1=C(C(=O)OC2CCCCCC2)[C@H](c2cccc([N+](=O)[O-])c2)CC(=O)N1. The Morgan fingerprint density at radius 2 is 1.93 bits per heavy atom. The van der Waals surface area contributed by atoms with Crippen molar-refractivity contribution in [3.63, 3.8) is 0 Å². The fourth-order valence-electron chi connectivity index (χ4n) is 3.89. The first-order valence-corrected chi connectivity index (χ1v) is 9.41. The number of hydrogen-bond donors (Lipinski definition) is 1. The Hall–Kier alpha value is -2.70. The first-order chi connectivity index (χ1) is 13.0. The van der Waals surface area contributed by atoms with Crippen LogP contribution >= 0.6 is 0 Å². The standard InChI is InChI=1S/C20H24N2O5/c1-13-19(20(24)27-16-9-4-2-3-5-10-16)17(12-18(23)21-13)14-7-6-8-15(11-14)22(25)26/h6-8,11,16-17H,2-5,9-10,12H2,1H3,(H,21,23)/t17-/m0/s1. The fraction of sp³-hybridized carbons (Fsp3) is 0.500. The summed E-state index contributed by atoms with van der Waals surface area (Å²) in [4.78, 5) is 35.6. The van der Waals surface area contributed by atoms with Crippen LogP contribution in [0.2, 0.25) is 0 Å². The molecule has 144 valence electrons. The summed E-state index contributed by atoms with van der Waals surface area (Å²) in [7, 11) is 0. The second-order valence-corrected chi connectivity index (χ2v) is 7.21. The minimum absolute atomic E-state index is 0.0624. The van der Waals surface area contributed by atoms with Gasteiger partial charge in [-0.05, 0) is 38.2 Å². The van der Waals surface area contributed by atoms with Gasteiger partial charge in [0.05, 0.1) is 10.5 Å². The Labute approximate surface area is 157 Å². The van der Waals surface area contributed by atoms with Crippen molar-refractivity contribution in [2.24, 2.45) is 0 Å². The Kier molecular flexibility index (Phi) is 5.88. The predicted octanol–water partition coefficient (Wildman–Crippen LogP) is 3.74. The third-order valence-electron chi connectivity index (χ3n) is 5.25. The number of amides is 1. The summed E-state index contributed by atoms with van der Waals surface area (Å²) in [5, 5.41) is 13.8. The van der Waals surface area contributed by atoms with Crippen molar-refractivity contribution >= 4 is 17.6 Å². The molecule has 1 aromatic carbocycles. The highest BCUT2D eigenvalue weighted by molar-refractivity contribution is 5.96. The van der Waals surface area contributed by atoms with Crippen molar-refractivity contribution in [1.29, 1.82) is 0 Å². The molecule has 7 nitrogen and oxygen atoms in total. The molecule has 0 aromatic heterocycles. The van der Waals surface area contributed by atoms with E-state index in [9.17, 15) is 19.7 Å². The van der Waals surface area contributed by atoms with Gasteiger partial charge in [-0.15, -0.1) is 0 Å². The van der Waals surface area contributed by atoms with Crippen LogP contribution in [0.15, 0.2) is 35.5 Å². The van der Waals surface area contributed by atoms with Crippen LogP contribution in [0.3, 0.4) is 0 Å². The lowest BCUT2D eigenvalue weighted by Gasteiger charge is -2.28. The Bertz CT molecular complexity index is 778. The van der Waals surface area contributed by atoms with Crippen LogP contribution in [0.1, 0.15) is 63.4 Å². The molecule has 0 saturated heterocycles. The molecule has 7 heteroatoms. The summed E-state index contributed by atoms with van der Waals surface area (Å²) >= 11 is 0. The first-order valence-electron chi connectivity index (χ1n) is 9.41. The quantitative estimate of drug-likeness (QED) is 0.376. The highest BCUT2D eigenvalue weighted by Crippen LogP contribution is 2.35. The van der Waals surface area contributed by atoms with Crippen LogP contribution in [0.4, 0.5) is 5.69 Å². The number of non-ortho nitro benzene ring substituents is 1. The molecule has 3 rings (SSSR count). The van der Waals surface area contributed by atoms with Gasteiger partial charge in [0.1, 0.15) is 6.10 Å². The third kappa shape index (κ3) is 4.53. The van der Waals surface area contributed by atoms with E-state index in [0.29, 0.717) is 16.8 Å². The lowest BCUT2D eigenvalue weighted by molar-refractivity contribution is -0.384. The monoisotopic (exact) mass is 372 g/mol. The van der Waals surface area contributed by atoms with Gasteiger partial charge < -0.3 is 10.1 Å². The Morgan fingerprint density at radius 3 is 2.59 bits per heavy atom. The molecule has 1 N–H and O–H groups in total. The minimum atomic E-state index is -0.545. The van der Waals surface area contributed by atoms with Crippen LogP contribution in [-0.4, -0.2) is 22.9 Å². The molecule has 1 saturated carbocycles. The molecular formula is C20H24N2O5. The number of nitro groups is 1. The lowest BCUT2D eigenvalue weighted by atomic mass is 9.84. The van der Waals surface area contributed by atoms with E-state index >= 15 is 0 Å². The molecule has 1 amide bonds. The average molecular weight is 372 g/mol. The highest BCUT2D eigenvalue weighted by Gasteiger charge is 2.34. The van der Waals surface area contributed by atoms with Gasteiger partial charge in [-0.25, -0.2) is 4.79 Å². The van der Waals surface area contributed by atoms with E-state index < -0.39 is 16.8 Å². The van der Waals surface area contributed by atoms with Gasteiger partial charge in [-0.2, -0.15) is 0 Å². The normalized spacial score (nSPS) is 21.4. The summed E-state index contributed by atoms with van der Waals surface area (Å²) < 4.78 is 5.76. The number of carbonyl (C=O) groups is 2. The number of nitrogens with one attached hydrogen (secondary N) is 1. The zero-order valence-electron chi connectivity index (χ0n) is 15.4. The molecule has 0 spiro atoms. The van der Waals surface area contributed by atoms with Crippen LogP contribution < -0.4 is 5.32 Å². The topological polar surface area (TPSA) is 98.5 Å². The van der Waals surface area contributed by atoms with E-state index in [-0.39, 0.29) is 24.1 Å².